The highest BCUT2D eigenvalue weighted by molar-refractivity contribution is 5.99. The number of alkyl halides is 3. The summed E-state index contributed by atoms with van der Waals surface area (Å²) in [6, 6.07) is 6.40. The summed E-state index contributed by atoms with van der Waals surface area (Å²) in [5, 5.41) is 9.20. The van der Waals surface area contributed by atoms with Gasteiger partial charge < -0.3 is 10.0 Å². The Labute approximate surface area is 125 Å². The van der Waals surface area contributed by atoms with Gasteiger partial charge in [0.25, 0.3) is 0 Å². The first-order valence-electron chi connectivity index (χ1n) is 6.73. The van der Waals surface area contributed by atoms with Crippen LogP contribution in [0.3, 0.4) is 0 Å². The van der Waals surface area contributed by atoms with Crippen LogP contribution in [-0.2, 0) is 9.59 Å². The van der Waals surface area contributed by atoms with E-state index in [4.69, 9.17) is 0 Å². The van der Waals surface area contributed by atoms with E-state index in [2.05, 4.69) is 0 Å². The van der Waals surface area contributed by atoms with E-state index in [1.54, 1.807) is 24.3 Å². The summed E-state index contributed by atoms with van der Waals surface area (Å²) < 4.78 is 38.7. The highest BCUT2D eigenvalue weighted by atomic mass is 19.4. The summed E-state index contributed by atoms with van der Waals surface area (Å²) >= 11 is 0. The van der Waals surface area contributed by atoms with Crippen LogP contribution in [0.15, 0.2) is 24.3 Å². The van der Waals surface area contributed by atoms with Crippen molar-refractivity contribution >= 4 is 17.6 Å². The van der Waals surface area contributed by atoms with E-state index >= 15 is 0 Å². The van der Waals surface area contributed by atoms with Crippen LogP contribution in [0.1, 0.15) is 31.7 Å². The van der Waals surface area contributed by atoms with Gasteiger partial charge in [0, 0.05) is 18.7 Å². The summed E-state index contributed by atoms with van der Waals surface area (Å²) in [4.78, 5) is 24.7. The zero-order valence-electron chi connectivity index (χ0n) is 12.1. The molecule has 0 fully saturated rings. The third-order valence-corrected chi connectivity index (χ3v) is 3.93. The first kappa shape index (κ1) is 16.3. The predicted molar refractivity (Wildman–Crippen MR) is 73.6 cm³/mol. The molecular weight excluding hydrogens is 299 g/mol. The summed E-state index contributed by atoms with van der Waals surface area (Å²) in [5.41, 5.74) is -1.34. The number of carbonyl (C=O) groups excluding carboxylic acids is 1. The standard InChI is InChI=1S/C15H16F3NO3/c1-14(2,15(16,17)18)7-12(20)19-8-10(13(21)22)9-5-3-4-6-11(9)19/h3-6,10H,7-8H2,1-2H3,(H,21,22)/t10-/m0/s1. The summed E-state index contributed by atoms with van der Waals surface area (Å²) in [6.45, 7) is 1.78. The second kappa shape index (κ2) is 5.30. The molecule has 1 aliphatic heterocycles. The molecule has 0 bridgehead atoms. The first-order chi connectivity index (χ1) is 10.0. The van der Waals surface area contributed by atoms with Crippen molar-refractivity contribution in [3.63, 3.8) is 0 Å². The van der Waals surface area contributed by atoms with E-state index in [0.717, 1.165) is 18.7 Å². The number of carbonyl (C=O) groups is 2. The number of aliphatic carboxylic acids is 1. The molecule has 0 unspecified atom stereocenters. The van der Waals surface area contributed by atoms with E-state index in [9.17, 15) is 27.9 Å². The molecule has 7 heteroatoms. The van der Waals surface area contributed by atoms with Crippen LogP contribution >= 0.6 is 0 Å². The molecule has 22 heavy (non-hydrogen) atoms. The van der Waals surface area contributed by atoms with Crippen LogP contribution in [-0.4, -0.2) is 29.7 Å². The van der Waals surface area contributed by atoms with Crippen molar-refractivity contribution in [1.29, 1.82) is 0 Å². The number of nitrogens with zero attached hydrogens (tertiary/aromatic N) is 1. The molecule has 0 aromatic heterocycles. The minimum Gasteiger partial charge on any atom is -0.481 e. The largest absolute Gasteiger partial charge is 0.481 e. The smallest absolute Gasteiger partial charge is 0.394 e. The number of para-hydroxylation sites is 1. The SMILES string of the molecule is CC(C)(CC(=O)N1C[C@H](C(=O)O)c2ccccc21)C(F)(F)F. The molecule has 1 N–H and O–H groups in total. The molecule has 120 valence electrons. The van der Waals surface area contributed by atoms with Gasteiger partial charge in [0.1, 0.15) is 5.92 Å². The fourth-order valence-corrected chi connectivity index (χ4v) is 2.43. The summed E-state index contributed by atoms with van der Waals surface area (Å²) in [5.74, 6) is -2.73. The van der Waals surface area contributed by atoms with E-state index in [1.807, 2.05) is 0 Å². The van der Waals surface area contributed by atoms with Crippen LogP contribution in [0, 0.1) is 5.41 Å². The maximum Gasteiger partial charge on any atom is 0.394 e. The van der Waals surface area contributed by atoms with Gasteiger partial charge in [-0.25, -0.2) is 0 Å². The Bertz CT molecular complexity index is 610. The lowest BCUT2D eigenvalue weighted by atomic mass is 9.88. The maximum atomic E-state index is 12.9. The number of carboxylic acid groups (broad SMARTS) is 1. The normalized spacial score (nSPS) is 18.2. The number of anilines is 1. The minimum atomic E-state index is -4.51. The molecule has 4 nitrogen and oxygen atoms in total. The van der Waals surface area contributed by atoms with Crippen molar-refractivity contribution in [3.8, 4) is 0 Å². The van der Waals surface area contributed by atoms with Crippen LogP contribution < -0.4 is 4.90 Å². The van der Waals surface area contributed by atoms with E-state index in [0.29, 0.717) is 11.3 Å². The molecule has 1 atom stereocenters. The van der Waals surface area contributed by atoms with Gasteiger partial charge in [0.05, 0.1) is 5.41 Å². The number of fused-ring (bicyclic) bond motifs is 1. The number of halogens is 3. The quantitative estimate of drug-likeness (QED) is 0.932. The number of amides is 1. The summed E-state index contributed by atoms with van der Waals surface area (Å²) in [6.07, 6.45) is -5.23. The average molecular weight is 315 g/mol. The predicted octanol–water partition coefficient (Wildman–Crippen LogP) is 3.18. The van der Waals surface area contributed by atoms with Crippen molar-refractivity contribution in [1.82, 2.24) is 0 Å². The van der Waals surface area contributed by atoms with Gasteiger partial charge in [-0.15, -0.1) is 0 Å². The maximum absolute atomic E-state index is 12.9. The number of carboxylic acids is 1. The number of hydrogen-bond donors (Lipinski definition) is 1. The molecule has 1 amide bonds. The Kier molecular flexibility index (Phi) is 3.93. The monoisotopic (exact) mass is 315 g/mol. The number of hydrogen-bond acceptors (Lipinski definition) is 2. The Morgan fingerprint density at radius 3 is 2.41 bits per heavy atom. The molecule has 1 aromatic rings. The molecule has 1 aliphatic rings. The number of rotatable bonds is 3. The van der Waals surface area contributed by atoms with Gasteiger partial charge in [0.15, 0.2) is 0 Å². The van der Waals surface area contributed by atoms with Gasteiger partial charge in [-0.05, 0) is 11.6 Å². The molecule has 0 spiro atoms. The molecule has 0 radical (unpaired) electrons. The summed E-state index contributed by atoms with van der Waals surface area (Å²) in [7, 11) is 0. The molecule has 1 aromatic carbocycles. The molecular formula is C15H16F3NO3. The lowest BCUT2D eigenvalue weighted by Gasteiger charge is -2.29. The van der Waals surface area contributed by atoms with Crippen LogP contribution in [0.25, 0.3) is 0 Å². The highest BCUT2D eigenvalue weighted by Gasteiger charge is 2.49. The first-order valence-corrected chi connectivity index (χ1v) is 6.73. The fraction of sp³-hybridized carbons (Fsp3) is 0.467. The Hall–Kier alpha value is -2.05. The zero-order chi connectivity index (χ0) is 16.7. The Morgan fingerprint density at radius 1 is 1.27 bits per heavy atom. The molecule has 0 saturated carbocycles. The van der Waals surface area contributed by atoms with Crippen molar-refractivity contribution < 1.29 is 27.9 Å². The van der Waals surface area contributed by atoms with E-state index in [-0.39, 0.29) is 6.54 Å². The molecule has 1 heterocycles. The minimum absolute atomic E-state index is 0.137. The second-order valence-electron chi connectivity index (χ2n) is 6.01. The van der Waals surface area contributed by atoms with Crippen LogP contribution in [0.5, 0.6) is 0 Å². The fourth-order valence-electron chi connectivity index (χ4n) is 2.43. The van der Waals surface area contributed by atoms with Gasteiger partial charge in [-0.2, -0.15) is 13.2 Å². The molecule has 0 saturated heterocycles. The van der Waals surface area contributed by atoms with Crippen molar-refractivity contribution in [2.24, 2.45) is 5.41 Å². The Balaban J connectivity index is 2.27. The average Bonchev–Trinajstić information content (AvgIpc) is 2.76. The number of benzene rings is 1. The third kappa shape index (κ3) is 2.80. The van der Waals surface area contributed by atoms with Crippen molar-refractivity contribution in [3.05, 3.63) is 29.8 Å². The third-order valence-electron chi connectivity index (χ3n) is 3.93. The zero-order valence-corrected chi connectivity index (χ0v) is 12.1. The van der Waals surface area contributed by atoms with E-state index in [1.165, 1.54) is 0 Å². The molecule has 2 rings (SSSR count). The lowest BCUT2D eigenvalue weighted by molar-refractivity contribution is -0.213. The highest BCUT2D eigenvalue weighted by Crippen LogP contribution is 2.43. The lowest BCUT2D eigenvalue weighted by Crippen LogP contribution is -2.40. The van der Waals surface area contributed by atoms with Gasteiger partial charge in [0.2, 0.25) is 5.91 Å². The van der Waals surface area contributed by atoms with Gasteiger partial charge in [-0.1, -0.05) is 32.0 Å². The van der Waals surface area contributed by atoms with Crippen molar-refractivity contribution in [2.45, 2.75) is 32.4 Å². The second-order valence-corrected chi connectivity index (χ2v) is 6.01. The van der Waals surface area contributed by atoms with Gasteiger partial charge >= 0.3 is 12.1 Å². The molecule has 0 aliphatic carbocycles. The van der Waals surface area contributed by atoms with Crippen LogP contribution in [0.4, 0.5) is 18.9 Å². The topological polar surface area (TPSA) is 57.6 Å². The Morgan fingerprint density at radius 2 is 1.86 bits per heavy atom. The van der Waals surface area contributed by atoms with Crippen LogP contribution in [0.2, 0.25) is 0 Å². The van der Waals surface area contributed by atoms with E-state index < -0.39 is 35.8 Å². The van der Waals surface area contributed by atoms with Crippen molar-refractivity contribution in [2.75, 3.05) is 11.4 Å². The van der Waals surface area contributed by atoms with Gasteiger partial charge in [-0.3, -0.25) is 9.59 Å².